The molecular formula is C12H16FNO. The second kappa shape index (κ2) is 3.91. The van der Waals surface area contributed by atoms with Crippen molar-refractivity contribution < 1.29 is 9.13 Å². The van der Waals surface area contributed by atoms with E-state index in [9.17, 15) is 4.39 Å². The van der Waals surface area contributed by atoms with Crippen molar-refractivity contribution in [1.82, 2.24) is 5.32 Å². The van der Waals surface area contributed by atoms with Crippen molar-refractivity contribution in [1.29, 1.82) is 0 Å². The van der Waals surface area contributed by atoms with Crippen molar-refractivity contribution >= 4 is 0 Å². The highest BCUT2D eigenvalue weighted by Gasteiger charge is 2.31. The van der Waals surface area contributed by atoms with E-state index in [0.717, 1.165) is 18.7 Å². The Morgan fingerprint density at radius 2 is 2.07 bits per heavy atom. The lowest BCUT2D eigenvalue weighted by Crippen LogP contribution is -2.49. The first-order valence-corrected chi connectivity index (χ1v) is 5.25. The van der Waals surface area contributed by atoms with Crippen LogP contribution in [0.5, 0.6) is 0 Å². The van der Waals surface area contributed by atoms with Gasteiger partial charge in [-0.3, -0.25) is 5.32 Å². The molecule has 82 valence electrons. The van der Waals surface area contributed by atoms with Crippen LogP contribution in [0.4, 0.5) is 4.39 Å². The van der Waals surface area contributed by atoms with Gasteiger partial charge in [-0.2, -0.15) is 0 Å². The van der Waals surface area contributed by atoms with Gasteiger partial charge in [0, 0.05) is 6.54 Å². The van der Waals surface area contributed by atoms with E-state index in [1.165, 1.54) is 12.1 Å². The molecule has 0 aliphatic carbocycles. The van der Waals surface area contributed by atoms with Crippen LogP contribution in [-0.2, 0) is 10.5 Å². The first-order chi connectivity index (χ1) is 7.10. The van der Waals surface area contributed by atoms with Gasteiger partial charge in [0.1, 0.15) is 11.5 Å². The molecule has 3 heteroatoms. The van der Waals surface area contributed by atoms with Crippen LogP contribution in [0.3, 0.4) is 0 Å². The van der Waals surface area contributed by atoms with Gasteiger partial charge in [0.2, 0.25) is 0 Å². The van der Waals surface area contributed by atoms with E-state index >= 15 is 0 Å². The molecule has 0 radical (unpaired) electrons. The number of hydrogen-bond donors (Lipinski definition) is 1. The van der Waals surface area contributed by atoms with E-state index in [4.69, 9.17) is 4.74 Å². The minimum absolute atomic E-state index is 0.216. The van der Waals surface area contributed by atoms with Crippen LogP contribution >= 0.6 is 0 Å². The molecule has 0 amide bonds. The topological polar surface area (TPSA) is 21.3 Å². The number of benzene rings is 1. The molecule has 1 heterocycles. The fraction of sp³-hybridized carbons (Fsp3) is 0.500. The zero-order valence-electron chi connectivity index (χ0n) is 9.09. The van der Waals surface area contributed by atoms with Gasteiger partial charge >= 0.3 is 0 Å². The summed E-state index contributed by atoms with van der Waals surface area (Å²) in [6, 6.07) is 6.45. The van der Waals surface area contributed by atoms with Crippen molar-refractivity contribution in [2.75, 3.05) is 13.2 Å². The van der Waals surface area contributed by atoms with Gasteiger partial charge in [-0.15, -0.1) is 0 Å². The van der Waals surface area contributed by atoms with Crippen LogP contribution < -0.4 is 5.32 Å². The van der Waals surface area contributed by atoms with Gasteiger partial charge in [0.25, 0.3) is 0 Å². The third kappa shape index (κ3) is 2.19. The normalized spacial score (nSPS) is 31.5. The summed E-state index contributed by atoms with van der Waals surface area (Å²) in [5, 5.41) is 3.34. The average Bonchev–Trinajstić information content (AvgIpc) is 2.24. The van der Waals surface area contributed by atoms with Crippen LogP contribution in [0.1, 0.15) is 19.4 Å². The van der Waals surface area contributed by atoms with Crippen LogP contribution in [0, 0.1) is 11.7 Å². The lowest BCUT2D eigenvalue weighted by molar-refractivity contribution is -0.106. The smallest absolute Gasteiger partial charge is 0.142 e. The summed E-state index contributed by atoms with van der Waals surface area (Å²) < 4.78 is 18.5. The Morgan fingerprint density at radius 3 is 2.60 bits per heavy atom. The number of rotatable bonds is 1. The Labute approximate surface area is 89.4 Å². The lowest BCUT2D eigenvalue weighted by atomic mass is 10.0. The molecule has 1 aliphatic heterocycles. The Balaban J connectivity index is 2.18. The van der Waals surface area contributed by atoms with Crippen molar-refractivity contribution in [2.45, 2.75) is 19.6 Å². The minimum atomic E-state index is -0.472. The molecule has 2 nitrogen and oxygen atoms in total. The van der Waals surface area contributed by atoms with Gasteiger partial charge in [-0.1, -0.05) is 19.1 Å². The number of halogens is 1. The van der Waals surface area contributed by atoms with E-state index in [1.54, 1.807) is 12.1 Å². The lowest BCUT2D eigenvalue weighted by Gasteiger charge is -2.38. The molecule has 2 unspecified atom stereocenters. The quantitative estimate of drug-likeness (QED) is 0.766. The molecule has 0 aromatic heterocycles. The molecule has 0 saturated carbocycles. The predicted molar refractivity (Wildman–Crippen MR) is 56.9 cm³/mol. The van der Waals surface area contributed by atoms with Crippen molar-refractivity contribution in [3.8, 4) is 0 Å². The summed E-state index contributed by atoms with van der Waals surface area (Å²) in [6.45, 7) is 5.78. The third-order valence-corrected chi connectivity index (χ3v) is 2.84. The number of hydrogen-bond acceptors (Lipinski definition) is 2. The van der Waals surface area contributed by atoms with E-state index in [1.807, 2.05) is 6.92 Å². The molecule has 1 aliphatic rings. The molecular weight excluding hydrogens is 193 g/mol. The summed E-state index contributed by atoms with van der Waals surface area (Å²) in [6.07, 6.45) is 0. The molecule has 0 bridgehead atoms. The van der Waals surface area contributed by atoms with Crippen molar-refractivity contribution in [3.63, 3.8) is 0 Å². The van der Waals surface area contributed by atoms with E-state index in [2.05, 4.69) is 12.2 Å². The fourth-order valence-corrected chi connectivity index (χ4v) is 1.74. The van der Waals surface area contributed by atoms with Crippen LogP contribution in [0.25, 0.3) is 0 Å². The van der Waals surface area contributed by atoms with E-state index < -0.39 is 5.72 Å². The number of nitrogens with one attached hydrogen (secondary N) is 1. The van der Waals surface area contributed by atoms with E-state index in [0.29, 0.717) is 5.92 Å². The zero-order chi connectivity index (χ0) is 10.9. The molecule has 0 spiro atoms. The van der Waals surface area contributed by atoms with Crippen LogP contribution in [0.2, 0.25) is 0 Å². The second-order valence-electron chi connectivity index (χ2n) is 4.34. The van der Waals surface area contributed by atoms with Crippen molar-refractivity contribution in [3.05, 3.63) is 35.6 Å². The van der Waals surface area contributed by atoms with Gasteiger partial charge in [-0.25, -0.2) is 4.39 Å². The molecule has 1 N–H and O–H groups in total. The summed E-state index contributed by atoms with van der Waals surface area (Å²) in [5.41, 5.74) is 0.496. The Hall–Kier alpha value is -0.930. The molecule has 1 aromatic carbocycles. The standard InChI is InChI=1S/C12H16FNO/c1-9-7-14-12(2,15-8-9)10-3-5-11(13)6-4-10/h3-6,9,14H,7-8H2,1-2H3. The van der Waals surface area contributed by atoms with E-state index in [-0.39, 0.29) is 5.82 Å². The zero-order valence-corrected chi connectivity index (χ0v) is 9.09. The summed E-state index contributed by atoms with van der Waals surface area (Å²) >= 11 is 0. The highest BCUT2D eigenvalue weighted by molar-refractivity contribution is 5.22. The molecule has 15 heavy (non-hydrogen) atoms. The number of ether oxygens (including phenoxy) is 1. The van der Waals surface area contributed by atoms with Gasteiger partial charge in [-0.05, 0) is 30.5 Å². The maximum Gasteiger partial charge on any atom is 0.142 e. The molecule has 2 rings (SSSR count). The first-order valence-electron chi connectivity index (χ1n) is 5.25. The first kappa shape index (κ1) is 10.6. The SMILES string of the molecule is CC1CNC(C)(c2ccc(F)cc2)OC1. The Kier molecular flexibility index (Phi) is 2.76. The van der Waals surface area contributed by atoms with Crippen LogP contribution in [-0.4, -0.2) is 13.2 Å². The molecule has 1 fully saturated rings. The minimum Gasteiger partial charge on any atom is -0.356 e. The molecule has 1 aromatic rings. The van der Waals surface area contributed by atoms with Crippen LogP contribution in [0.15, 0.2) is 24.3 Å². The van der Waals surface area contributed by atoms with Gasteiger partial charge in [0.05, 0.1) is 6.61 Å². The Morgan fingerprint density at radius 1 is 1.40 bits per heavy atom. The monoisotopic (exact) mass is 209 g/mol. The highest BCUT2D eigenvalue weighted by atomic mass is 19.1. The average molecular weight is 209 g/mol. The third-order valence-electron chi connectivity index (χ3n) is 2.84. The van der Waals surface area contributed by atoms with Crippen molar-refractivity contribution in [2.24, 2.45) is 5.92 Å². The molecule has 2 atom stereocenters. The maximum absolute atomic E-state index is 12.8. The second-order valence-corrected chi connectivity index (χ2v) is 4.34. The van der Waals surface area contributed by atoms with Gasteiger partial charge < -0.3 is 4.74 Å². The highest BCUT2D eigenvalue weighted by Crippen LogP contribution is 2.26. The summed E-state index contributed by atoms with van der Waals surface area (Å²) in [4.78, 5) is 0. The largest absolute Gasteiger partial charge is 0.356 e. The maximum atomic E-state index is 12.8. The fourth-order valence-electron chi connectivity index (χ4n) is 1.74. The van der Waals surface area contributed by atoms with Gasteiger partial charge in [0.15, 0.2) is 0 Å². The molecule has 1 saturated heterocycles. The summed E-state index contributed by atoms with van der Waals surface area (Å²) in [7, 11) is 0. The predicted octanol–water partition coefficient (Wildman–Crippen LogP) is 2.25. The Bertz CT molecular complexity index is 328. The summed E-state index contributed by atoms with van der Waals surface area (Å²) in [5.74, 6) is 0.310.